The van der Waals surface area contributed by atoms with Crippen LogP contribution in [0.1, 0.15) is 30.1 Å². The number of benzene rings is 1. The lowest BCUT2D eigenvalue weighted by atomic mass is 10.0. The van der Waals surface area contributed by atoms with Gasteiger partial charge in [-0.3, -0.25) is 4.90 Å². The molecule has 0 radical (unpaired) electrons. The second-order valence-electron chi connectivity index (χ2n) is 5.90. The van der Waals surface area contributed by atoms with E-state index < -0.39 is 0 Å². The third-order valence-electron chi connectivity index (χ3n) is 4.29. The van der Waals surface area contributed by atoms with Gasteiger partial charge < -0.3 is 0 Å². The maximum atomic E-state index is 13.1. The molecule has 4 nitrogen and oxygen atoms in total. The molecule has 1 aromatic carbocycles. The van der Waals surface area contributed by atoms with Gasteiger partial charge in [0.1, 0.15) is 5.82 Å². The molecular formula is C18H17FN4S. The fraction of sp³-hybridized carbons (Fsp3) is 0.278. The van der Waals surface area contributed by atoms with Gasteiger partial charge in [-0.2, -0.15) is 0 Å². The fourth-order valence-corrected chi connectivity index (χ4v) is 3.93. The first-order chi connectivity index (χ1) is 11.8. The van der Waals surface area contributed by atoms with Crippen molar-refractivity contribution in [2.24, 2.45) is 0 Å². The normalized spacial score (nSPS) is 18.1. The molecule has 24 heavy (non-hydrogen) atoms. The smallest absolute Gasteiger partial charge is 0.188 e. The second-order valence-corrected chi connectivity index (χ2v) is 6.75. The minimum absolute atomic E-state index is 0.185. The van der Waals surface area contributed by atoms with Crippen LogP contribution < -0.4 is 0 Å². The maximum Gasteiger partial charge on any atom is 0.188 e. The van der Waals surface area contributed by atoms with Crippen LogP contribution in [-0.4, -0.2) is 26.4 Å². The van der Waals surface area contributed by atoms with Crippen LogP contribution in [0.3, 0.4) is 0 Å². The predicted octanol–water partition coefficient (Wildman–Crippen LogP) is 4.08. The summed E-state index contributed by atoms with van der Waals surface area (Å²) in [6.45, 7) is 1.84. The van der Waals surface area contributed by atoms with Crippen LogP contribution in [0.2, 0.25) is 0 Å². The topological polar surface area (TPSA) is 41.9 Å². The lowest BCUT2D eigenvalue weighted by Crippen LogP contribution is -2.22. The van der Waals surface area contributed by atoms with E-state index in [1.54, 1.807) is 41.9 Å². The summed E-state index contributed by atoms with van der Waals surface area (Å²) in [6.07, 6.45) is 5.72. The van der Waals surface area contributed by atoms with Gasteiger partial charge in [0.2, 0.25) is 0 Å². The molecule has 122 valence electrons. The number of thiazole rings is 1. The zero-order valence-electron chi connectivity index (χ0n) is 13.1. The zero-order valence-corrected chi connectivity index (χ0v) is 13.9. The van der Waals surface area contributed by atoms with Crippen LogP contribution in [0.15, 0.2) is 48.1 Å². The minimum atomic E-state index is -0.185. The highest BCUT2D eigenvalue weighted by atomic mass is 32.1. The molecule has 0 saturated carbocycles. The van der Waals surface area contributed by atoms with Gasteiger partial charge in [0.25, 0.3) is 0 Å². The summed E-state index contributed by atoms with van der Waals surface area (Å²) < 4.78 is 13.1. The summed E-state index contributed by atoms with van der Waals surface area (Å²) in [4.78, 5) is 15.6. The van der Waals surface area contributed by atoms with Crippen LogP contribution >= 0.6 is 11.3 Å². The van der Waals surface area contributed by atoms with E-state index in [9.17, 15) is 4.39 Å². The summed E-state index contributed by atoms with van der Waals surface area (Å²) in [7, 11) is 0. The molecule has 0 unspecified atom stereocenters. The van der Waals surface area contributed by atoms with Crippen molar-refractivity contribution in [3.05, 3.63) is 65.2 Å². The third kappa shape index (κ3) is 3.20. The molecule has 2 aromatic heterocycles. The molecule has 1 aliphatic heterocycles. The lowest BCUT2D eigenvalue weighted by Gasteiger charge is -2.24. The predicted molar refractivity (Wildman–Crippen MR) is 91.9 cm³/mol. The van der Waals surface area contributed by atoms with E-state index in [2.05, 4.69) is 25.2 Å². The molecule has 1 atom stereocenters. The van der Waals surface area contributed by atoms with E-state index in [0.29, 0.717) is 11.9 Å². The molecule has 3 aromatic rings. The van der Waals surface area contributed by atoms with E-state index in [1.165, 1.54) is 5.56 Å². The number of halogens is 1. The van der Waals surface area contributed by atoms with Crippen LogP contribution in [0, 0.1) is 5.82 Å². The molecule has 3 heterocycles. The van der Waals surface area contributed by atoms with Crippen LogP contribution in [0.25, 0.3) is 10.8 Å². The Morgan fingerprint density at radius 2 is 1.96 bits per heavy atom. The Hall–Kier alpha value is -2.18. The van der Waals surface area contributed by atoms with Crippen molar-refractivity contribution in [3.63, 3.8) is 0 Å². The van der Waals surface area contributed by atoms with Crippen molar-refractivity contribution in [2.45, 2.75) is 25.4 Å². The van der Waals surface area contributed by atoms with Crippen LogP contribution in [-0.2, 0) is 6.54 Å². The van der Waals surface area contributed by atoms with Crippen molar-refractivity contribution < 1.29 is 4.39 Å². The quantitative estimate of drug-likeness (QED) is 0.718. The first kappa shape index (κ1) is 15.4. The number of hydrogen-bond acceptors (Lipinski definition) is 5. The Morgan fingerprint density at radius 3 is 2.75 bits per heavy atom. The van der Waals surface area contributed by atoms with E-state index >= 15 is 0 Å². The molecule has 4 rings (SSSR count). The Kier molecular flexibility index (Phi) is 4.32. The summed E-state index contributed by atoms with van der Waals surface area (Å²) >= 11 is 1.57. The maximum absolute atomic E-state index is 13.1. The Labute approximate surface area is 144 Å². The standard InChI is InChI=1S/C18H17FN4S/c19-14-6-4-13(5-7-14)16-3-1-10-23(16)11-15-12-24-18(22-15)17-20-8-2-9-21-17/h2,4-9,12,16H,1,3,10-11H2/t16-/m1/s1. The summed E-state index contributed by atoms with van der Waals surface area (Å²) in [5.74, 6) is 0.487. The van der Waals surface area contributed by atoms with Crippen LogP contribution in [0.5, 0.6) is 0 Å². The monoisotopic (exact) mass is 340 g/mol. The molecule has 1 aliphatic rings. The number of hydrogen-bond donors (Lipinski definition) is 0. The fourth-order valence-electron chi connectivity index (χ4n) is 3.18. The molecule has 1 saturated heterocycles. The van der Waals surface area contributed by atoms with Gasteiger partial charge in [-0.1, -0.05) is 12.1 Å². The lowest BCUT2D eigenvalue weighted by molar-refractivity contribution is 0.246. The number of aromatic nitrogens is 3. The number of rotatable bonds is 4. The molecule has 1 fully saturated rings. The van der Waals surface area contributed by atoms with E-state index in [1.807, 2.05) is 12.1 Å². The van der Waals surface area contributed by atoms with Gasteiger partial charge in [0.15, 0.2) is 10.8 Å². The van der Waals surface area contributed by atoms with E-state index in [0.717, 1.165) is 36.6 Å². The van der Waals surface area contributed by atoms with Gasteiger partial charge >= 0.3 is 0 Å². The number of nitrogens with zero attached hydrogens (tertiary/aromatic N) is 4. The molecule has 6 heteroatoms. The molecule has 0 aliphatic carbocycles. The molecule has 0 spiro atoms. The highest BCUT2D eigenvalue weighted by Crippen LogP contribution is 2.33. The number of likely N-dealkylation sites (tertiary alicyclic amines) is 1. The Morgan fingerprint density at radius 1 is 1.17 bits per heavy atom. The van der Waals surface area contributed by atoms with Gasteiger partial charge in [-0.15, -0.1) is 11.3 Å². The van der Waals surface area contributed by atoms with Gasteiger partial charge in [0.05, 0.1) is 5.69 Å². The average molecular weight is 340 g/mol. The zero-order chi connectivity index (χ0) is 16.4. The summed E-state index contributed by atoms with van der Waals surface area (Å²) in [6, 6.07) is 9.00. The van der Waals surface area contributed by atoms with E-state index in [4.69, 9.17) is 0 Å². The molecular weight excluding hydrogens is 323 g/mol. The van der Waals surface area contributed by atoms with Gasteiger partial charge in [-0.25, -0.2) is 19.3 Å². The highest BCUT2D eigenvalue weighted by Gasteiger charge is 2.26. The van der Waals surface area contributed by atoms with Crippen molar-refractivity contribution in [1.29, 1.82) is 0 Å². The summed E-state index contributed by atoms with van der Waals surface area (Å²) in [5.41, 5.74) is 2.22. The second kappa shape index (κ2) is 6.75. The minimum Gasteiger partial charge on any atom is -0.290 e. The third-order valence-corrected chi connectivity index (χ3v) is 5.18. The van der Waals surface area contributed by atoms with Gasteiger partial charge in [-0.05, 0) is 43.1 Å². The van der Waals surface area contributed by atoms with Gasteiger partial charge in [0, 0.05) is 30.4 Å². The SMILES string of the molecule is Fc1ccc([C@H]2CCCN2Cc2csc(-c3ncccn3)n2)cc1. The molecule has 0 amide bonds. The van der Waals surface area contributed by atoms with Crippen molar-refractivity contribution in [2.75, 3.05) is 6.54 Å². The first-order valence-electron chi connectivity index (χ1n) is 8.01. The highest BCUT2D eigenvalue weighted by molar-refractivity contribution is 7.13. The van der Waals surface area contributed by atoms with Crippen molar-refractivity contribution in [3.8, 4) is 10.8 Å². The van der Waals surface area contributed by atoms with Crippen LogP contribution in [0.4, 0.5) is 4.39 Å². The Balaban J connectivity index is 1.50. The van der Waals surface area contributed by atoms with Crippen molar-refractivity contribution >= 4 is 11.3 Å². The van der Waals surface area contributed by atoms with Crippen molar-refractivity contribution in [1.82, 2.24) is 19.9 Å². The average Bonchev–Trinajstić information content (AvgIpc) is 3.27. The Bertz CT molecular complexity index is 803. The largest absolute Gasteiger partial charge is 0.290 e. The molecule has 0 N–H and O–H groups in total. The molecule has 0 bridgehead atoms. The first-order valence-corrected chi connectivity index (χ1v) is 8.89. The summed E-state index contributed by atoms with van der Waals surface area (Å²) in [5, 5.41) is 2.93. The van der Waals surface area contributed by atoms with E-state index in [-0.39, 0.29) is 5.82 Å².